The first kappa shape index (κ1) is 7.07. The molecule has 0 fully saturated rings. The molecule has 11 heavy (non-hydrogen) atoms. The molecule has 1 heterocycles. The molecule has 56 valence electrons. The van der Waals surface area contributed by atoms with Gasteiger partial charge in [-0.3, -0.25) is 0 Å². The fraction of sp³-hybridized carbons (Fsp3) is 0. The number of rotatable bonds is 0. The molecule has 0 nitrogen and oxygen atoms in total. The summed E-state index contributed by atoms with van der Waals surface area (Å²) in [5, 5.41) is 2.79. The molecule has 0 radical (unpaired) electrons. The van der Waals surface area contributed by atoms with Crippen LogP contribution in [0.5, 0.6) is 0 Å². The number of hydrogen-bond donors (Lipinski definition) is 0. The maximum Gasteiger partial charge on any atom is 0.141 e. The van der Waals surface area contributed by atoms with Gasteiger partial charge in [-0.1, -0.05) is 11.6 Å². The first-order chi connectivity index (χ1) is 5.27. The number of thiophene rings is 1. The maximum atomic E-state index is 12.8. The Hall–Kier alpha value is -0.600. The van der Waals surface area contributed by atoms with Crippen molar-refractivity contribution in [2.45, 2.75) is 0 Å². The first-order valence-corrected chi connectivity index (χ1v) is 4.35. The Morgan fingerprint density at radius 1 is 1.36 bits per heavy atom. The van der Waals surface area contributed by atoms with Gasteiger partial charge in [-0.2, -0.15) is 0 Å². The summed E-state index contributed by atoms with van der Waals surface area (Å²) in [5.41, 5.74) is 0. The van der Waals surface area contributed by atoms with Gasteiger partial charge in [-0.25, -0.2) is 4.39 Å². The number of benzene rings is 1. The van der Waals surface area contributed by atoms with Crippen LogP contribution in [-0.4, -0.2) is 0 Å². The summed E-state index contributed by atoms with van der Waals surface area (Å²) in [7, 11) is 0. The van der Waals surface area contributed by atoms with Crippen molar-refractivity contribution in [2.24, 2.45) is 0 Å². The van der Waals surface area contributed by atoms with Crippen LogP contribution in [0.15, 0.2) is 23.6 Å². The highest BCUT2D eigenvalue weighted by Crippen LogP contribution is 2.26. The van der Waals surface area contributed by atoms with Crippen molar-refractivity contribution >= 4 is 33.0 Å². The van der Waals surface area contributed by atoms with E-state index in [2.05, 4.69) is 0 Å². The molecule has 1 aromatic carbocycles. The highest BCUT2D eigenvalue weighted by Gasteiger charge is 2.01. The van der Waals surface area contributed by atoms with Crippen LogP contribution >= 0.6 is 22.9 Å². The van der Waals surface area contributed by atoms with Crippen molar-refractivity contribution in [1.29, 1.82) is 0 Å². The van der Waals surface area contributed by atoms with Crippen molar-refractivity contribution in [3.05, 3.63) is 34.4 Å². The Morgan fingerprint density at radius 3 is 3.00 bits per heavy atom. The Kier molecular flexibility index (Phi) is 1.59. The van der Waals surface area contributed by atoms with Crippen LogP contribution in [0.1, 0.15) is 0 Å². The molecular weight excluding hydrogens is 183 g/mol. The van der Waals surface area contributed by atoms with Gasteiger partial charge in [-0.15, -0.1) is 11.3 Å². The Bertz CT molecular complexity index is 394. The lowest BCUT2D eigenvalue weighted by atomic mass is 10.3. The lowest BCUT2D eigenvalue weighted by molar-refractivity contribution is 0.644. The molecule has 0 atom stereocenters. The zero-order valence-corrected chi connectivity index (χ0v) is 7.05. The van der Waals surface area contributed by atoms with E-state index < -0.39 is 0 Å². The molecule has 1 aromatic heterocycles. The summed E-state index contributed by atoms with van der Waals surface area (Å²) in [6.07, 6.45) is 0. The van der Waals surface area contributed by atoms with E-state index in [1.165, 1.54) is 16.7 Å². The van der Waals surface area contributed by atoms with Crippen LogP contribution in [0, 0.1) is 5.82 Å². The lowest BCUT2D eigenvalue weighted by Gasteiger charge is -1.89. The van der Waals surface area contributed by atoms with Crippen molar-refractivity contribution < 1.29 is 4.39 Å². The molecule has 0 bridgehead atoms. The van der Waals surface area contributed by atoms with Crippen molar-refractivity contribution in [1.82, 2.24) is 0 Å². The maximum absolute atomic E-state index is 12.8. The Labute approximate surface area is 72.2 Å². The number of halogens is 2. The Balaban J connectivity index is 2.86. The first-order valence-electron chi connectivity index (χ1n) is 3.09. The van der Waals surface area contributed by atoms with Gasteiger partial charge in [-0.05, 0) is 18.2 Å². The monoisotopic (exact) mass is 186 g/mol. The lowest BCUT2D eigenvalue weighted by Crippen LogP contribution is -1.67. The van der Waals surface area contributed by atoms with Crippen LogP contribution in [-0.2, 0) is 0 Å². The van der Waals surface area contributed by atoms with E-state index in [1.54, 1.807) is 18.2 Å². The second-order valence-electron chi connectivity index (χ2n) is 2.22. The highest BCUT2D eigenvalue weighted by molar-refractivity contribution is 7.17. The highest BCUT2D eigenvalue weighted by atomic mass is 35.5. The minimum Gasteiger partial charge on any atom is -0.205 e. The minimum atomic E-state index is -0.165. The van der Waals surface area contributed by atoms with E-state index in [4.69, 9.17) is 11.6 Å². The van der Waals surface area contributed by atoms with Gasteiger partial charge >= 0.3 is 0 Å². The summed E-state index contributed by atoms with van der Waals surface area (Å²) in [5.74, 6) is -0.165. The van der Waals surface area contributed by atoms with E-state index in [0.29, 0.717) is 10.4 Å². The Morgan fingerprint density at radius 2 is 2.18 bits per heavy atom. The van der Waals surface area contributed by atoms with Gasteiger partial charge in [0.1, 0.15) is 5.82 Å². The largest absolute Gasteiger partial charge is 0.205 e. The van der Waals surface area contributed by atoms with Gasteiger partial charge in [0.25, 0.3) is 0 Å². The quantitative estimate of drug-likeness (QED) is 0.589. The van der Waals surface area contributed by atoms with Gasteiger partial charge in [0.15, 0.2) is 0 Å². The second-order valence-corrected chi connectivity index (χ2v) is 3.57. The fourth-order valence-corrected chi connectivity index (χ4v) is 2.05. The molecule has 0 aliphatic carbocycles. The van der Waals surface area contributed by atoms with Crippen molar-refractivity contribution in [2.75, 3.05) is 0 Å². The molecule has 0 N–H and O–H groups in total. The molecule has 0 aliphatic rings. The van der Waals surface area contributed by atoms with E-state index in [0.717, 1.165) is 4.70 Å². The van der Waals surface area contributed by atoms with Gasteiger partial charge in [0, 0.05) is 20.5 Å². The molecule has 0 saturated carbocycles. The summed E-state index contributed by atoms with van der Waals surface area (Å²) in [6, 6.07) is 5.16. The third-order valence-electron chi connectivity index (χ3n) is 1.49. The van der Waals surface area contributed by atoms with E-state index in [9.17, 15) is 4.39 Å². The molecule has 3 heteroatoms. The van der Waals surface area contributed by atoms with Crippen LogP contribution in [0.3, 0.4) is 0 Å². The summed E-state index contributed by atoms with van der Waals surface area (Å²) >= 11 is 7.08. The molecule has 2 aromatic rings. The summed E-state index contributed by atoms with van der Waals surface area (Å²) in [4.78, 5) is 0. The predicted molar refractivity (Wildman–Crippen MR) is 46.8 cm³/mol. The van der Waals surface area contributed by atoms with Crippen LogP contribution in [0.25, 0.3) is 10.1 Å². The van der Waals surface area contributed by atoms with E-state index in [-0.39, 0.29) is 5.82 Å². The molecule has 2 rings (SSSR count). The summed E-state index contributed by atoms with van der Waals surface area (Å²) < 4.78 is 13.7. The molecule has 0 aliphatic heterocycles. The predicted octanol–water partition coefficient (Wildman–Crippen LogP) is 3.69. The third kappa shape index (κ3) is 1.12. The number of hydrogen-bond acceptors (Lipinski definition) is 1. The minimum absolute atomic E-state index is 0.165. The molecular formula is C8H4ClFS. The molecule has 0 unspecified atom stereocenters. The fourth-order valence-electron chi connectivity index (χ4n) is 0.970. The van der Waals surface area contributed by atoms with E-state index >= 15 is 0 Å². The van der Waals surface area contributed by atoms with Crippen LogP contribution < -0.4 is 0 Å². The average Bonchev–Trinajstić information content (AvgIpc) is 2.32. The normalized spacial score (nSPS) is 10.7. The topological polar surface area (TPSA) is 0 Å². The SMILES string of the molecule is Fc1csc2cc(Cl)ccc12. The van der Waals surface area contributed by atoms with Gasteiger partial charge in [0.05, 0.1) is 0 Å². The smallest absolute Gasteiger partial charge is 0.141 e. The zero-order chi connectivity index (χ0) is 7.84. The molecule has 0 amide bonds. The van der Waals surface area contributed by atoms with Crippen LogP contribution in [0.2, 0.25) is 5.02 Å². The van der Waals surface area contributed by atoms with Crippen molar-refractivity contribution in [3.63, 3.8) is 0 Å². The van der Waals surface area contributed by atoms with Crippen molar-refractivity contribution in [3.8, 4) is 0 Å². The van der Waals surface area contributed by atoms with Gasteiger partial charge < -0.3 is 0 Å². The summed E-state index contributed by atoms with van der Waals surface area (Å²) in [6.45, 7) is 0. The molecule has 0 spiro atoms. The standard InChI is InChI=1S/C8H4ClFS/c9-5-1-2-6-7(10)4-11-8(6)3-5/h1-4H. The molecule has 0 saturated heterocycles. The third-order valence-corrected chi connectivity index (χ3v) is 2.64. The number of fused-ring (bicyclic) bond motifs is 1. The second kappa shape index (κ2) is 2.47. The van der Waals surface area contributed by atoms with E-state index in [1.807, 2.05) is 0 Å². The average molecular weight is 187 g/mol. The van der Waals surface area contributed by atoms with Gasteiger partial charge in [0.2, 0.25) is 0 Å². The zero-order valence-electron chi connectivity index (χ0n) is 5.47. The van der Waals surface area contributed by atoms with Crippen LogP contribution in [0.4, 0.5) is 4.39 Å².